The molecule has 2 rings (SSSR count). The summed E-state index contributed by atoms with van der Waals surface area (Å²) < 4.78 is 0.892. The minimum Gasteiger partial charge on any atom is -0.397 e. The van der Waals surface area contributed by atoms with Crippen LogP contribution in [0.2, 0.25) is 5.02 Å². The zero-order valence-electron chi connectivity index (χ0n) is 9.17. The molecule has 0 aliphatic heterocycles. The van der Waals surface area contributed by atoms with Gasteiger partial charge in [0.05, 0.1) is 17.6 Å². The fraction of sp³-hybridized carbons (Fsp3) is 0.0833. The van der Waals surface area contributed by atoms with Gasteiger partial charge in [0.15, 0.2) is 0 Å². The smallest absolute Gasteiger partial charge is 0.133 e. The van der Waals surface area contributed by atoms with Crippen molar-refractivity contribution in [1.82, 2.24) is 4.98 Å². The molecule has 0 spiro atoms. The molecule has 1 aromatic carbocycles. The average Bonchev–Trinajstić information content (AvgIpc) is 2.25. The zero-order valence-corrected chi connectivity index (χ0v) is 11.5. The first-order valence-corrected chi connectivity index (χ1v) is 6.17. The number of aromatic nitrogens is 1. The molecule has 0 atom stereocenters. The first kappa shape index (κ1) is 12.2. The number of hydrogen-bond donors (Lipinski definition) is 2. The van der Waals surface area contributed by atoms with Gasteiger partial charge in [-0.2, -0.15) is 0 Å². The number of nitrogens with two attached hydrogens (primary N) is 1. The van der Waals surface area contributed by atoms with Crippen molar-refractivity contribution in [2.75, 3.05) is 11.1 Å². The van der Waals surface area contributed by atoms with Crippen molar-refractivity contribution in [3.63, 3.8) is 0 Å². The molecule has 5 heteroatoms. The number of nitrogen functional groups attached to an aromatic ring is 1. The summed E-state index contributed by atoms with van der Waals surface area (Å²) in [4.78, 5) is 4.25. The first-order chi connectivity index (χ1) is 8.06. The fourth-order valence-electron chi connectivity index (χ4n) is 1.45. The van der Waals surface area contributed by atoms with Gasteiger partial charge in [-0.15, -0.1) is 0 Å². The highest BCUT2D eigenvalue weighted by atomic mass is 79.9. The van der Waals surface area contributed by atoms with Crippen molar-refractivity contribution in [2.45, 2.75) is 6.92 Å². The van der Waals surface area contributed by atoms with E-state index in [-0.39, 0.29) is 0 Å². The van der Waals surface area contributed by atoms with Crippen molar-refractivity contribution < 1.29 is 0 Å². The Morgan fingerprint density at radius 3 is 2.76 bits per heavy atom. The van der Waals surface area contributed by atoms with Gasteiger partial charge in [0.25, 0.3) is 0 Å². The molecule has 0 aliphatic rings. The van der Waals surface area contributed by atoms with Crippen molar-refractivity contribution >= 4 is 44.7 Å². The average molecular weight is 313 g/mol. The fourth-order valence-corrected chi connectivity index (χ4v) is 2.23. The highest BCUT2D eigenvalue weighted by molar-refractivity contribution is 9.10. The van der Waals surface area contributed by atoms with Crippen molar-refractivity contribution in [3.8, 4) is 0 Å². The number of benzene rings is 1. The van der Waals surface area contributed by atoms with Crippen LogP contribution in [0.5, 0.6) is 0 Å². The third-order valence-electron chi connectivity index (χ3n) is 2.28. The number of anilines is 3. The van der Waals surface area contributed by atoms with Gasteiger partial charge < -0.3 is 11.1 Å². The Balaban J connectivity index is 2.31. The van der Waals surface area contributed by atoms with Crippen LogP contribution in [-0.2, 0) is 0 Å². The van der Waals surface area contributed by atoms with Gasteiger partial charge in [-0.3, -0.25) is 0 Å². The number of nitrogens with zero attached hydrogens (tertiary/aromatic N) is 1. The molecule has 0 saturated carbocycles. The predicted molar refractivity (Wildman–Crippen MR) is 75.8 cm³/mol. The Labute approximate surface area is 113 Å². The van der Waals surface area contributed by atoms with Crippen LogP contribution >= 0.6 is 27.5 Å². The Morgan fingerprint density at radius 1 is 1.35 bits per heavy atom. The monoisotopic (exact) mass is 311 g/mol. The summed E-state index contributed by atoms with van der Waals surface area (Å²) in [5, 5.41) is 3.91. The molecule has 0 radical (unpaired) electrons. The molecule has 88 valence electrons. The SMILES string of the molecule is Cc1cc(N)cnc1Nc1ccc(Cl)cc1Br. The molecule has 0 aliphatic carbocycles. The van der Waals surface area contributed by atoms with E-state index < -0.39 is 0 Å². The molecule has 0 saturated heterocycles. The second kappa shape index (κ2) is 4.94. The van der Waals surface area contributed by atoms with Crippen LogP contribution in [-0.4, -0.2) is 4.98 Å². The summed E-state index contributed by atoms with van der Waals surface area (Å²) in [5.74, 6) is 0.780. The Kier molecular flexibility index (Phi) is 3.54. The quantitative estimate of drug-likeness (QED) is 0.876. The molecule has 3 nitrogen and oxygen atoms in total. The number of aryl methyl sites for hydroxylation is 1. The molecule has 0 bridgehead atoms. The maximum Gasteiger partial charge on any atom is 0.133 e. The second-order valence-electron chi connectivity index (χ2n) is 3.68. The summed E-state index contributed by atoms with van der Waals surface area (Å²) in [5.41, 5.74) is 8.21. The van der Waals surface area contributed by atoms with Crippen LogP contribution in [0.15, 0.2) is 34.9 Å². The van der Waals surface area contributed by atoms with E-state index in [2.05, 4.69) is 26.2 Å². The van der Waals surface area contributed by atoms with E-state index in [0.29, 0.717) is 10.7 Å². The maximum atomic E-state index is 5.88. The van der Waals surface area contributed by atoms with E-state index in [4.69, 9.17) is 17.3 Å². The van der Waals surface area contributed by atoms with Gasteiger partial charge in [0, 0.05) is 9.50 Å². The Morgan fingerprint density at radius 2 is 2.12 bits per heavy atom. The van der Waals surface area contributed by atoms with Crippen LogP contribution in [0.25, 0.3) is 0 Å². The standard InChI is InChI=1S/C12H11BrClN3/c1-7-4-9(15)6-16-12(7)17-11-3-2-8(14)5-10(11)13/h2-6H,15H2,1H3,(H,16,17). The number of halogens is 2. The zero-order chi connectivity index (χ0) is 12.4. The van der Waals surface area contributed by atoms with E-state index >= 15 is 0 Å². The highest BCUT2D eigenvalue weighted by Crippen LogP contribution is 2.29. The van der Waals surface area contributed by atoms with E-state index in [1.807, 2.05) is 31.2 Å². The normalized spacial score (nSPS) is 10.3. The lowest BCUT2D eigenvalue weighted by Gasteiger charge is -2.10. The molecule has 3 N–H and O–H groups in total. The van der Waals surface area contributed by atoms with Gasteiger partial charge in [-0.05, 0) is 52.7 Å². The van der Waals surface area contributed by atoms with Gasteiger partial charge in [-0.25, -0.2) is 4.98 Å². The lowest BCUT2D eigenvalue weighted by molar-refractivity contribution is 1.26. The topological polar surface area (TPSA) is 50.9 Å². The third-order valence-corrected chi connectivity index (χ3v) is 3.17. The van der Waals surface area contributed by atoms with Gasteiger partial charge >= 0.3 is 0 Å². The van der Waals surface area contributed by atoms with Crippen LogP contribution < -0.4 is 11.1 Å². The summed E-state index contributed by atoms with van der Waals surface area (Å²) in [6.07, 6.45) is 1.62. The lowest BCUT2D eigenvalue weighted by Crippen LogP contribution is -1.98. The highest BCUT2D eigenvalue weighted by Gasteiger charge is 2.04. The number of rotatable bonds is 2. The molecule has 0 fully saturated rings. The molecule has 0 unspecified atom stereocenters. The molecular weight excluding hydrogens is 302 g/mol. The summed E-state index contributed by atoms with van der Waals surface area (Å²) in [6, 6.07) is 7.42. The molecular formula is C12H11BrClN3. The van der Waals surface area contributed by atoms with Gasteiger partial charge in [-0.1, -0.05) is 11.6 Å². The Bertz CT molecular complexity index is 508. The molecule has 17 heavy (non-hydrogen) atoms. The summed E-state index contributed by atoms with van der Waals surface area (Å²) in [6.45, 7) is 1.95. The third kappa shape index (κ3) is 2.90. The van der Waals surface area contributed by atoms with Crippen LogP contribution in [0.4, 0.5) is 17.2 Å². The van der Waals surface area contributed by atoms with Gasteiger partial charge in [0.1, 0.15) is 5.82 Å². The van der Waals surface area contributed by atoms with Crippen molar-refractivity contribution in [1.29, 1.82) is 0 Å². The number of pyridine rings is 1. The van der Waals surface area contributed by atoms with E-state index in [9.17, 15) is 0 Å². The minimum absolute atomic E-state index is 0.656. The molecule has 2 aromatic rings. The Hall–Kier alpha value is -1.26. The largest absolute Gasteiger partial charge is 0.397 e. The van der Waals surface area contributed by atoms with Crippen LogP contribution in [0, 0.1) is 6.92 Å². The number of nitrogens with one attached hydrogen (secondary N) is 1. The van der Waals surface area contributed by atoms with E-state index in [1.54, 1.807) is 6.20 Å². The first-order valence-electron chi connectivity index (χ1n) is 5.00. The minimum atomic E-state index is 0.656. The predicted octanol–water partition coefficient (Wildman–Crippen LogP) is 4.13. The van der Waals surface area contributed by atoms with Gasteiger partial charge in [0.2, 0.25) is 0 Å². The van der Waals surface area contributed by atoms with E-state index in [0.717, 1.165) is 21.5 Å². The van der Waals surface area contributed by atoms with Crippen LogP contribution in [0.1, 0.15) is 5.56 Å². The molecule has 0 amide bonds. The number of hydrogen-bond acceptors (Lipinski definition) is 3. The van der Waals surface area contributed by atoms with Crippen molar-refractivity contribution in [3.05, 3.63) is 45.5 Å². The summed E-state index contributed by atoms with van der Waals surface area (Å²) in [7, 11) is 0. The van der Waals surface area contributed by atoms with Crippen LogP contribution in [0.3, 0.4) is 0 Å². The lowest BCUT2D eigenvalue weighted by atomic mass is 10.2. The maximum absolute atomic E-state index is 5.88. The molecule has 1 aromatic heterocycles. The van der Waals surface area contributed by atoms with E-state index in [1.165, 1.54) is 0 Å². The second-order valence-corrected chi connectivity index (χ2v) is 4.97. The van der Waals surface area contributed by atoms with Crippen molar-refractivity contribution in [2.24, 2.45) is 0 Å². The molecule has 1 heterocycles. The summed E-state index contributed by atoms with van der Waals surface area (Å²) >= 11 is 9.33.